The highest BCUT2D eigenvalue weighted by atomic mass is 32.2. The molecule has 1 aromatic carbocycles. The van der Waals surface area contributed by atoms with E-state index in [-0.39, 0.29) is 11.0 Å². The third-order valence-electron chi connectivity index (χ3n) is 3.89. The van der Waals surface area contributed by atoms with E-state index in [9.17, 15) is 13.5 Å². The van der Waals surface area contributed by atoms with Gasteiger partial charge in [0.15, 0.2) is 0 Å². The Kier molecular flexibility index (Phi) is 5.61. The Balaban J connectivity index is 1.92. The van der Waals surface area contributed by atoms with Gasteiger partial charge in [-0.1, -0.05) is 13.3 Å². The summed E-state index contributed by atoms with van der Waals surface area (Å²) in [4.78, 5) is 0.280. The Labute approximate surface area is 126 Å². The largest absolute Gasteiger partial charge is 0.393 e. The molecule has 3 N–H and O–H groups in total. The van der Waals surface area contributed by atoms with Gasteiger partial charge < -0.3 is 10.4 Å². The third-order valence-corrected chi connectivity index (χ3v) is 5.37. The Morgan fingerprint density at radius 3 is 2.52 bits per heavy atom. The molecule has 2 unspecified atom stereocenters. The highest BCUT2D eigenvalue weighted by molar-refractivity contribution is 7.89. The number of nitrogens with one attached hydrogen (secondary N) is 2. The van der Waals surface area contributed by atoms with Crippen molar-refractivity contribution in [3.8, 4) is 0 Å². The van der Waals surface area contributed by atoms with E-state index in [0.717, 1.165) is 37.9 Å². The number of anilines is 1. The molecular weight excluding hydrogens is 288 g/mol. The first-order valence-corrected chi connectivity index (χ1v) is 9.03. The molecule has 2 rings (SSSR count). The zero-order chi connectivity index (χ0) is 15.3. The molecule has 0 saturated heterocycles. The molecule has 0 aliphatic heterocycles. The van der Waals surface area contributed by atoms with Gasteiger partial charge in [0.05, 0.1) is 11.0 Å². The molecule has 118 valence electrons. The highest BCUT2D eigenvalue weighted by Crippen LogP contribution is 2.26. The number of aliphatic hydroxyl groups excluding tert-OH is 1. The van der Waals surface area contributed by atoms with Crippen LogP contribution in [-0.2, 0) is 10.0 Å². The molecule has 1 aromatic rings. The van der Waals surface area contributed by atoms with Gasteiger partial charge in [-0.25, -0.2) is 13.1 Å². The van der Waals surface area contributed by atoms with Crippen LogP contribution < -0.4 is 10.0 Å². The fraction of sp³-hybridized carbons (Fsp3) is 0.600. The standard InChI is InChI=1S/C15H24N2O3S/c1-2-10-17-21(19,20)14-8-6-13(7-9-14)16-11-12-4-3-5-15(12)18/h6-9,12,15-18H,2-5,10-11H2,1H3. The summed E-state index contributed by atoms with van der Waals surface area (Å²) in [6.07, 6.45) is 3.56. The molecule has 2 atom stereocenters. The van der Waals surface area contributed by atoms with E-state index in [4.69, 9.17) is 0 Å². The molecule has 1 aliphatic carbocycles. The van der Waals surface area contributed by atoms with Crippen molar-refractivity contribution in [1.82, 2.24) is 4.72 Å². The zero-order valence-electron chi connectivity index (χ0n) is 12.4. The van der Waals surface area contributed by atoms with Gasteiger partial charge in [-0.3, -0.25) is 0 Å². The van der Waals surface area contributed by atoms with E-state index < -0.39 is 10.0 Å². The van der Waals surface area contributed by atoms with Crippen LogP contribution in [0, 0.1) is 5.92 Å². The van der Waals surface area contributed by atoms with Crippen molar-refractivity contribution in [2.45, 2.75) is 43.6 Å². The van der Waals surface area contributed by atoms with Gasteiger partial charge >= 0.3 is 0 Å². The summed E-state index contributed by atoms with van der Waals surface area (Å²) < 4.78 is 26.4. The van der Waals surface area contributed by atoms with E-state index in [0.29, 0.717) is 12.5 Å². The lowest BCUT2D eigenvalue weighted by molar-refractivity contribution is 0.138. The van der Waals surface area contributed by atoms with Crippen molar-refractivity contribution >= 4 is 15.7 Å². The van der Waals surface area contributed by atoms with Crippen molar-refractivity contribution in [2.24, 2.45) is 5.92 Å². The van der Waals surface area contributed by atoms with Crippen LogP contribution in [0.3, 0.4) is 0 Å². The van der Waals surface area contributed by atoms with Crippen molar-refractivity contribution in [3.05, 3.63) is 24.3 Å². The number of aliphatic hydroxyl groups is 1. The molecule has 1 fully saturated rings. The molecular formula is C15H24N2O3S. The van der Waals surface area contributed by atoms with Crippen molar-refractivity contribution < 1.29 is 13.5 Å². The maximum atomic E-state index is 11.9. The Morgan fingerprint density at radius 1 is 1.24 bits per heavy atom. The summed E-state index contributed by atoms with van der Waals surface area (Å²) in [7, 11) is -3.40. The number of hydrogen-bond acceptors (Lipinski definition) is 4. The first-order valence-electron chi connectivity index (χ1n) is 7.54. The molecule has 0 aromatic heterocycles. The second-order valence-corrected chi connectivity index (χ2v) is 7.33. The van der Waals surface area contributed by atoms with E-state index in [2.05, 4.69) is 10.0 Å². The lowest BCUT2D eigenvalue weighted by Crippen LogP contribution is -2.24. The summed E-state index contributed by atoms with van der Waals surface area (Å²) in [5, 5.41) is 13.0. The van der Waals surface area contributed by atoms with Crippen LogP contribution in [0.15, 0.2) is 29.2 Å². The molecule has 1 aliphatic rings. The SMILES string of the molecule is CCCNS(=O)(=O)c1ccc(NCC2CCCC2O)cc1. The topological polar surface area (TPSA) is 78.4 Å². The molecule has 21 heavy (non-hydrogen) atoms. The molecule has 0 spiro atoms. The minimum atomic E-state index is -3.40. The summed E-state index contributed by atoms with van der Waals surface area (Å²) >= 11 is 0. The molecule has 0 amide bonds. The zero-order valence-corrected chi connectivity index (χ0v) is 13.2. The van der Waals surface area contributed by atoms with Crippen LogP contribution in [0.4, 0.5) is 5.69 Å². The predicted molar refractivity (Wildman–Crippen MR) is 83.8 cm³/mol. The highest BCUT2D eigenvalue weighted by Gasteiger charge is 2.24. The lowest BCUT2D eigenvalue weighted by Gasteiger charge is -2.16. The lowest BCUT2D eigenvalue weighted by atomic mass is 10.1. The van der Waals surface area contributed by atoms with Gasteiger partial charge in [-0.15, -0.1) is 0 Å². The Morgan fingerprint density at radius 2 is 1.95 bits per heavy atom. The monoisotopic (exact) mass is 312 g/mol. The minimum Gasteiger partial charge on any atom is -0.393 e. The smallest absolute Gasteiger partial charge is 0.240 e. The molecule has 0 bridgehead atoms. The molecule has 5 nitrogen and oxygen atoms in total. The quantitative estimate of drug-likeness (QED) is 0.719. The number of rotatable bonds is 7. The van der Waals surface area contributed by atoms with Crippen LogP contribution in [0.2, 0.25) is 0 Å². The van der Waals surface area contributed by atoms with Gasteiger partial charge in [0.2, 0.25) is 10.0 Å². The first kappa shape index (κ1) is 16.3. The molecule has 6 heteroatoms. The fourth-order valence-corrected chi connectivity index (χ4v) is 3.71. The summed E-state index contributed by atoms with van der Waals surface area (Å²) in [5.41, 5.74) is 0.878. The predicted octanol–water partition coefficient (Wildman–Crippen LogP) is 1.95. The van der Waals surface area contributed by atoms with Crippen LogP contribution >= 0.6 is 0 Å². The van der Waals surface area contributed by atoms with E-state index in [1.54, 1.807) is 24.3 Å². The Hall–Kier alpha value is -1.11. The van der Waals surface area contributed by atoms with Crippen molar-refractivity contribution in [3.63, 3.8) is 0 Å². The third kappa shape index (κ3) is 4.43. The van der Waals surface area contributed by atoms with E-state index in [1.165, 1.54) is 0 Å². The van der Waals surface area contributed by atoms with E-state index >= 15 is 0 Å². The van der Waals surface area contributed by atoms with Gasteiger partial charge in [0, 0.05) is 24.7 Å². The minimum absolute atomic E-state index is 0.213. The molecule has 0 heterocycles. The van der Waals surface area contributed by atoms with Crippen LogP contribution in [0.5, 0.6) is 0 Å². The second kappa shape index (κ2) is 7.24. The molecule has 0 radical (unpaired) electrons. The van der Waals surface area contributed by atoms with Gasteiger partial charge in [-0.05, 0) is 43.5 Å². The van der Waals surface area contributed by atoms with Crippen LogP contribution in [0.1, 0.15) is 32.6 Å². The number of sulfonamides is 1. The van der Waals surface area contributed by atoms with Crippen LogP contribution in [0.25, 0.3) is 0 Å². The van der Waals surface area contributed by atoms with Gasteiger partial charge in [0.1, 0.15) is 0 Å². The van der Waals surface area contributed by atoms with Crippen molar-refractivity contribution in [2.75, 3.05) is 18.4 Å². The summed E-state index contributed by atoms with van der Waals surface area (Å²) in [6.45, 7) is 3.09. The average Bonchev–Trinajstić information content (AvgIpc) is 2.89. The second-order valence-electron chi connectivity index (χ2n) is 5.56. The maximum absolute atomic E-state index is 11.9. The average molecular weight is 312 g/mol. The van der Waals surface area contributed by atoms with Crippen LogP contribution in [-0.4, -0.2) is 32.7 Å². The van der Waals surface area contributed by atoms with Gasteiger partial charge in [0.25, 0.3) is 0 Å². The fourth-order valence-electron chi connectivity index (χ4n) is 2.58. The summed E-state index contributed by atoms with van der Waals surface area (Å²) in [6, 6.07) is 6.74. The number of hydrogen-bond donors (Lipinski definition) is 3. The van der Waals surface area contributed by atoms with E-state index in [1.807, 2.05) is 6.92 Å². The number of benzene rings is 1. The van der Waals surface area contributed by atoms with Gasteiger partial charge in [-0.2, -0.15) is 0 Å². The normalized spacial score (nSPS) is 22.4. The maximum Gasteiger partial charge on any atom is 0.240 e. The Bertz CT molecular complexity index is 543. The van der Waals surface area contributed by atoms with Crippen molar-refractivity contribution in [1.29, 1.82) is 0 Å². The first-order chi connectivity index (χ1) is 10.0. The molecule has 1 saturated carbocycles. The summed E-state index contributed by atoms with van der Waals surface area (Å²) in [5.74, 6) is 0.291.